The minimum Gasteiger partial charge on any atom is -0.474 e. The van der Waals surface area contributed by atoms with Crippen molar-refractivity contribution < 1.29 is 31.1 Å². The highest BCUT2D eigenvalue weighted by atomic mass is 32.2. The molecule has 3 aromatic heterocycles. The van der Waals surface area contributed by atoms with Crippen molar-refractivity contribution in [2.75, 3.05) is 47.5 Å². The predicted octanol–water partition coefficient (Wildman–Crippen LogP) is 3.45. The SMILES string of the molecule is CS(=O)(=O)Nc1cnc2cc(N3CCOCC3)nc(OC3CCC(Nc4ncc(C(F)(F)F)cn4)CC3)c2c1. The van der Waals surface area contributed by atoms with Gasteiger partial charge in [0.15, 0.2) is 0 Å². The second kappa shape index (κ2) is 11.0. The molecule has 1 aliphatic carbocycles. The molecule has 1 aliphatic heterocycles. The smallest absolute Gasteiger partial charge is 0.419 e. The molecular weight excluding hydrogens is 539 g/mol. The summed E-state index contributed by atoms with van der Waals surface area (Å²) in [5.41, 5.74) is 0.0316. The summed E-state index contributed by atoms with van der Waals surface area (Å²) in [6.45, 7) is 2.52. The van der Waals surface area contributed by atoms with Crippen molar-refractivity contribution in [2.24, 2.45) is 0 Å². The standard InChI is InChI=1S/C24H28F3N7O4S/c1-39(35,36)33-17-10-19-20(28-14-17)11-21(34-6-8-37-9-7-34)32-22(19)38-18-4-2-16(3-5-18)31-23-29-12-15(13-30-23)24(25,26)27/h10-14,16,18,33H,2-9H2,1H3,(H,29,30,31). The van der Waals surface area contributed by atoms with Gasteiger partial charge in [-0.05, 0) is 31.7 Å². The van der Waals surface area contributed by atoms with Gasteiger partial charge in [-0.3, -0.25) is 9.71 Å². The van der Waals surface area contributed by atoms with E-state index in [0.29, 0.717) is 80.3 Å². The Labute approximate surface area is 223 Å². The molecule has 1 saturated heterocycles. The molecule has 3 aromatic rings. The van der Waals surface area contributed by atoms with Gasteiger partial charge < -0.3 is 19.7 Å². The number of anilines is 3. The van der Waals surface area contributed by atoms with Crippen molar-refractivity contribution in [2.45, 2.75) is 44.0 Å². The molecule has 0 unspecified atom stereocenters. The van der Waals surface area contributed by atoms with Crippen LogP contribution >= 0.6 is 0 Å². The van der Waals surface area contributed by atoms with E-state index in [1.165, 1.54) is 6.20 Å². The number of aromatic nitrogens is 4. The van der Waals surface area contributed by atoms with Crippen LogP contribution < -0.4 is 19.7 Å². The average Bonchev–Trinajstić information content (AvgIpc) is 2.89. The molecule has 2 N–H and O–H groups in total. The van der Waals surface area contributed by atoms with Crippen LogP contribution in [0.25, 0.3) is 10.9 Å². The molecule has 0 amide bonds. The van der Waals surface area contributed by atoms with Crippen molar-refractivity contribution in [3.05, 3.63) is 36.3 Å². The number of sulfonamides is 1. The Bertz CT molecular complexity index is 1410. The Morgan fingerprint density at radius 1 is 1.03 bits per heavy atom. The van der Waals surface area contributed by atoms with Crippen LogP contribution in [0.1, 0.15) is 31.2 Å². The number of hydrogen-bond acceptors (Lipinski definition) is 10. The number of halogens is 3. The normalized spacial score (nSPS) is 20.6. The molecule has 0 atom stereocenters. The Balaban J connectivity index is 1.31. The number of rotatable bonds is 7. The second-order valence-corrected chi connectivity index (χ2v) is 11.3. The van der Waals surface area contributed by atoms with Crippen LogP contribution in [0.5, 0.6) is 5.88 Å². The van der Waals surface area contributed by atoms with Crippen LogP contribution in [0, 0.1) is 0 Å². The number of hydrogen-bond donors (Lipinski definition) is 2. The highest BCUT2D eigenvalue weighted by Gasteiger charge is 2.31. The van der Waals surface area contributed by atoms with Gasteiger partial charge in [-0.25, -0.2) is 18.4 Å². The summed E-state index contributed by atoms with van der Waals surface area (Å²) in [5, 5.41) is 3.68. The van der Waals surface area contributed by atoms with E-state index in [9.17, 15) is 21.6 Å². The maximum Gasteiger partial charge on any atom is 0.419 e. The molecule has 0 bridgehead atoms. The van der Waals surface area contributed by atoms with Crippen LogP contribution in [0.3, 0.4) is 0 Å². The monoisotopic (exact) mass is 567 g/mol. The molecule has 1 saturated carbocycles. The molecule has 15 heteroatoms. The fourth-order valence-corrected chi connectivity index (χ4v) is 5.15. The minimum atomic E-state index is -4.48. The summed E-state index contributed by atoms with van der Waals surface area (Å²) in [7, 11) is -3.50. The van der Waals surface area contributed by atoms with E-state index in [1.54, 1.807) is 6.07 Å². The minimum absolute atomic E-state index is 0.0156. The van der Waals surface area contributed by atoms with E-state index in [4.69, 9.17) is 14.5 Å². The number of ether oxygens (including phenoxy) is 2. The number of nitrogens with one attached hydrogen (secondary N) is 2. The van der Waals surface area contributed by atoms with Crippen molar-refractivity contribution in [1.29, 1.82) is 0 Å². The lowest BCUT2D eigenvalue weighted by Gasteiger charge is -2.31. The molecule has 0 spiro atoms. The molecule has 4 heterocycles. The number of fused-ring (bicyclic) bond motifs is 1. The zero-order valence-corrected chi connectivity index (χ0v) is 21.9. The van der Waals surface area contributed by atoms with E-state index >= 15 is 0 Å². The summed E-state index contributed by atoms with van der Waals surface area (Å²) in [6.07, 6.45) is 2.11. The first-order valence-electron chi connectivity index (χ1n) is 12.5. The van der Waals surface area contributed by atoms with Gasteiger partial charge in [0.05, 0.1) is 47.8 Å². The highest BCUT2D eigenvalue weighted by Crippen LogP contribution is 2.33. The third kappa shape index (κ3) is 6.95. The summed E-state index contributed by atoms with van der Waals surface area (Å²) in [5.74, 6) is 1.21. The van der Waals surface area contributed by atoms with E-state index in [1.807, 2.05) is 6.07 Å². The molecule has 210 valence electrons. The largest absolute Gasteiger partial charge is 0.474 e. The molecule has 5 rings (SSSR count). The van der Waals surface area contributed by atoms with Gasteiger partial charge in [0.2, 0.25) is 21.9 Å². The van der Waals surface area contributed by atoms with Crippen molar-refractivity contribution in [3.63, 3.8) is 0 Å². The highest BCUT2D eigenvalue weighted by molar-refractivity contribution is 7.92. The molecule has 39 heavy (non-hydrogen) atoms. The number of morpholine rings is 1. The maximum atomic E-state index is 12.8. The first-order valence-corrected chi connectivity index (χ1v) is 14.4. The zero-order valence-electron chi connectivity index (χ0n) is 21.1. The van der Waals surface area contributed by atoms with Crippen LogP contribution in [0.4, 0.5) is 30.6 Å². The van der Waals surface area contributed by atoms with E-state index in [-0.39, 0.29) is 18.1 Å². The predicted molar refractivity (Wildman–Crippen MR) is 138 cm³/mol. The van der Waals surface area contributed by atoms with E-state index in [0.717, 1.165) is 18.6 Å². The lowest BCUT2D eigenvalue weighted by Crippen LogP contribution is -2.37. The fraction of sp³-hybridized carbons (Fsp3) is 0.500. The van der Waals surface area contributed by atoms with Crippen LogP contribution in [0.2, 0.25) is 0 Å². The molecular formula is C24H28F3N7O4S. The molecule has 11 nitrogen and oxygen atoms in total. The van der Waals surface area contributed by atoms with Crippen LogP contribution in [0.15, 0.2) is 30.7 Å². The Hall–Kier alpha value is -3.46. The maximum absolute atomic E-state index is 12.8. The molecule has 2 fully saturated rings. The summed E-state index contributed by atoms with van der Waals surface area (Å²) < 4.78 is 76.0. The molecule has 0 aromatic carbocycles. The third-order valence-corrected chi connectivity index (χ3v) is 7.14. The van der Waals surface area contributed by atoms with Crippen molar-refractivity contribution in [3.8, 4) is 5.88 Å². The second-order valence-electron chi connectivity index (χ2n) is 9.58. The van der Waals surface area contributed by atoms with Crippen molar-refractivity contribution in [1.82, 2.24) is 19.9 Å². The van der Waals surface area contributed by atoms with Gasteiger partial charge in [-0.2, -0.15) is 18.2 Å². The van der Waals surface area contributed by atoms with Gasteiger partial charge in [-0.15, -0.1) is 0 Å². The lowest BCUT2D eigenvalue weighted by molar-refractivity contribution is -0.138. The average molecular weight is 568 g/mol. The molecule has 0 radical (unpaired) electrons. The molecule has 2 aliphatic rings. The first kappa shape index (κ1) is 27.1. The van der Waals surface area contributed by atoms with E-state index < -0.39 is 21.8 Å². The Morgan fingerprint density at radius 2 is 1.72 bits per heavy atom. The number of pyridine rings is 2. The Morgan fingerprint density at radius 3 is 2.36 bits per heavy atom. The van der Waals surface area contributed by atoms with Crippen LogP contribution in [-0.4, -0.2) is 73.1 Å². The van der Waals surface area contributed by atoms with Crippen LogP contribution in [-0.2, 0) is 20.9 Å². The van der Waals surface area contributed by atoms with Crippen molar-refractivity contribution >= 4 is 38.4 Å². The quantitative estimate of drug-likeness (QED) is 0.438. The number of nitrogens with zero attached hydrogens (tertiary/aromatic N) is 5. The number of alkyl halides is 3. The van der Waals surface area contributed by atoms with Gasteiger partial charge >= 0.3 is 6.18 Å². The summed E-state index contributed by atoms with van der Waals surface area (Å²) in [4.78, 5) is 18.9. The van der Waals surface area contributed by atoms with Gasteiger partial charge in [0, 0.05) is 37.6 Å². The van der Waals surface area contributed by atoms with E-state index in [2.05, 4.69) is 29.9 Å². The first-order chi connectivity index (χ1) is 18.5. The fourth-order valence-electron chi connectivity index (χ4n) is 4.61. The lowest BCUT2D eigenvalue weighted by atomic mass is 9.93. The van der Waals surface area contributed by atoms with Gasteiger partial charge in [0.1, 0.15) is 11.9 Å². The Kier molecular flexibility index (Phi) is 7.62. The summed E-state index contributed by atoms with van der Waals surface area (Å²) in [6, 6.07) is 3.49. The zero-order chi connectivity index (χ0) is 27.6. The van der Waals surface area contributed by atoms with Gasteiger partial charge in [-0.1, -0.05) is 0 Å². The topological polar surface area (TPSA) is 131 Å². The third-order valence-electron chi connectivity index (χ3n) is 6.53. The van der Waals surface area contributed by atoms with Gasteiger partial charge in [0.25, 0.3) is 0 Å². The summed E-state index contributed by atoms with van der Waals surface area (Å²) >= 11 is 0.